The fourth-order valence-corrected chi connectivity index (χ4v) is 3.94. The normalized spacial score (nSPS) is 20.2. The predicted molar refractivity (Wildman–Crippen MR) is 97.2 cm³/mol. The number of piperazine rings is 1. The smallest absolute Gasteiger partial charge is 0.254 e. The number of hydrogen-bond donors (Lipinski definition) is 0. The van der Waals surface area contributed by atoms with Crippen molar-refractivity contribution in [2.75, 3.05) is 26.2 Å². The molecule has 2 aromatic rings. The van der Waals surface area contributed by atoms with E-state index in [1.54, 1.807) is 0 Å². The van der Waals surface area contributed by atoms with E-state index < -0.39 is 0 Å². The Bertz CT molecular complexity index is 782. The lowest BCUT2D eigenvalue weighted by Crippen LogP contribution is -2.52. The van der Waals surface area contributed by atoms with Crippen LogP contribution >= 0.6 is 0 Å². The lowest BCUT2D eigenvalue weighted by Gasteiger charge is -2.37. The molecule has 1 aromatic heterocycles. The number of fused-ring (bicyclic) bond motifs is 1. The predicted octanol–water partition coefficient (Wildman–Crippen LogP) is 2.79. The minimum atomic E-state index is 0.0966. The van der Waals surface area contributed by atoms with Crippen LogP contribution in [0.4, 0.5) is 0 Å². The molecule has 0 N–H and O–H groups in total. The number of amides is 1. The van der Waals surface area contributed by atoms with Crippen LogP contribution in [0, 0.1) is 13.8 Å². The molecule has 138 valence electrons. The lowest BCUT2D eigenvalue weighted by atomic mass is 10.1. The first kappa shape index (κ1) is 17.1. The Morgan fingerprint density at radius 3 is 3.00 bits per heavy atom. The van der Waals surface area contributed by atoms with Gasteiger partial charge in [0.2, 0.25) is 0 Å². The van der Waals surface area contributed by atoms with Crippen LogP contribution in [0.1, 0.15) is 40.2 Å². The average molecular weight is 355 g/mol. The monoisotopic (exact) mass is 355 g/mol. The topological polar surface area (TPSA) is 58.8 Å². The van der Waals surface area contributed by atoms with E-state index in [9.17, 15) is 4.79 Å². The molecule has 6 nitrogen and oxygen atoms in total. The van der Waals surface area contributed by atoms with E-state index in [0.717, 1.165) is 36.7 Å². The molecule has 26 heavy (non-hydrogen) atoms. The van der Waals surface area contributed by atoms with Crippen molar-refractivity contribution >= 4 is 5.91 Å². The van der Waals surface area contributed by atoms with Crippen molar-refractivity contribution in [3.05, 3.63) is 46.8 Å². The number of carbonyl (C=O) groups excluding carboxylic acids is 1. The Labute approximate surface area is 153 Å². The summed E-state index contributed by atoms with van der Waals surface area (Å²) in [5.74, 6) is 1.55. The number of benzene rings is 1. The highest BCUT2D eigenvalue weighted by molar-refractivity contribution is 5.94. The zero-order valence-electron chi connectivity index (χ0n) is 15.4. The third-order valence-corrected chi connectivity index (χ3v) is 5.52. The molecule has 2 aliphatic rings. The molecule has 1 aromatic carbocycles. The van der Waals surface area contributed by atoms with E-state index in [2.05, 4.69) is 10.1 Å². The summed E-state index contributed by atoms with van der Waals surface area (Å²) >= 11 is 0. The molecule has 6 heteroatoms. The minimum Gasteiger partial charge on any atom is -0.489 e. The van der Waals surface area contributed by atoms with Crippen LogP contribution in [-0.4, -0.2) is 53.1 Å². The molecule has 3 heterocycles. The number of rotatable bonds is 4. The van der Waals surface area contributed by atoms with Crippen molar-refractivity contribution in [3.8, 4) is 5.75 Å². The van der Waals surface area contributed by atoms with Gasteiger partial charge >= 0.3 is 0 Å². The maximum atomic E-state index is 12.9. The third-order valence-electron chi connectivity index (χ3n) is 5.52. The zero-order valence-corrected chi connectivity index (χ0v) is 15.4. The molecule has 0 radical (unpaired) electrons. The number of aryl methyl sites for hydroxylation is 2. The maximum absolute atomic E-state index is 12.9. The van der Waals surface area contributed by atoms with E-state index >= 15 is 0 Å². The number of aromatic nitrogens is 1. The molecule has 2 aliphatic heterocycles. The van der Waals surface area contributed by atoms with E-state index in [1.807, 2.05) is 43.0 Å². The minimum absolute atomic E-state index is 0.0966. The number of ether oxygens (including phenoxy) is 1. The van der Waals surface area contributed by atoms with Crippen LogP contribution in [-0.2, 0) is 6.61 Å². The second-order valence-corrected chi connectivity index (χ2v) is 7.20. The first-order valence-electron chi connectivity index (χ1n) is 9.30. The molecule has 4 rings (SSSR count). The molecule has 2 fully saturated rings. The van der Waals surface area contributed by atoms with Crippen LogP contribution in [0.3, 0.4) is 0 Å². The highest BCUT2D eigenvalue weighted by atomic mass is 16.5. The SMILES string of the molecule is Cc1noc(C)c1COc1cccc(C(=O)N2CCN3CCC[C@@H]3C2)c1. The highest BCUT2D eigenvalue weighted by Gasteiger charge is 2.32. The molecule has 1 amide bonds. The second-order valence-electron chi connectivity index (χ2n) is 7.20. The van der Waals surface area contributed by atoms with Crippen molar-refractivity contribution < 1.29 is 14.1 Å². The highest BCUT2D eigenvalue weighted by Crippen LogP contribution is 2.24. The molecule has 2 saturated heterocycles. The fourth-order valence-electron chi connectivity index (χ4n) is 3.94. The Balaban J connectivity index is 1.43. The molecule has 1 atom stereocenters. The second kappa shape index (κ2) is 7.11. The zero-order chi connectivity index (χ0) is 18.1. The van der Waals surface area contributed by atoms with Gasteiger partial charge in [-0.1, -0.05) is 11.2 Å². The van der Waals surface area contributed by atoms with Crippen LogP contribution < -0.4 is 4.74 Å². The van der Waals surface area contributed by atoms with Crippen LogP contribution in [0.2, 0.25) is 0 Å². The Morgan fingerprint density at radius 1 is 1.31 bits per heavy atom. The van der Waals surface area contributed by atoms with Crippen molar-refractivity contribution in [1.82, 2.24) is 15.0 Å². The number of hydrogen-bond acceptors (Lipinski definition) is 5. The lowest BCUT2D eigenvalue weighted by molar-refractivity contribution is 0.0571. The third kappa shape index (κ3) is 3.33. The van der Waals surface area contributed by atoms with Gasteiger partial charge in [0.15, 0.2) is 0 Å². The van der Waals surface area contributed by atoms with Crippen molar-refractivity contribution in [2.24, 2.45) is 0 Å². The van der Waals surface area contributed by atoms with E-state index in [4.69, 9.17) is 9.26 Å². The van der Waals surface area contributed by atoms with Crippen molar-refractivity contribution in [2.45, 2.75) is 39.3 Å². The van der Waals surface area contributed by atoms with Gasteiger partial charge < -0.3 is 14.2 Å². The van der Waals surface area contributed by atoms with Crippen molar-refractivity contribution in [3.63, 3.8) is 0 Å². The van der Waals surface area contributed by atoms with Gasteiger partial charge in [0.25, 0.3) is 5.91 Å². The molecular formula is C20H25N3O3. The summed E-state index contributed by atoms with van der Waals surface area (Å²) in [6, 6.07) is 7.99. The maximum Gasteiger partial charge on any atom is 0.254 e. The van der Waals surface area contributed by atoms with Crippen molar-refractivity contribution in [1.29, 1.82) is 0 Å². The molecule has 0 bridgehead atoms. The van der Waals surface area contributed by atoms with Gasteiger partial charge in [-0.2, -0.15) is 0 Å². The quantitative estimate of drug-likeness (QED) is 0.844. The fraction of sp³-hybridized carbons (Fsp3) is 0.500. The van der Waals surface area contributed by atoms with Gasteiger partial charge in [0.05, 0.1) is 11.3 Å². The summed E-state index contributed by atoms with van der Waals surface area (Å²) in [5, 5.41) is 3.94. The summed E-state index contributed by atoms with van der Waals surface area (Å²) in [4.78, 5) is 17.4. The van der Waals surface area contributed by atoms with E-state index in [1.165, 1.54) is 19.4 Å². The first-order chi connectivity index (χ1) is 12.6. The standard InChI is InChI=1S/C20H25N3O3/c1-14-19(15(2)26-21-14)13-25-18-7-3-5-16(11-18)20(24)23-10-9-22-8-4-6-17(22)12-23/h3,5,7,11,17H,4,6,8-10,12-13H2,1-2H3/t17-/m1/s1. The summed E-state index contributed by atoms with van der Waals surface area (Å²) in [7, 11) is 0. The Morgan fingerprint density at radius 2 is 2.19 bits per heavy atom. The van der Waals surface area contributed by atoms with Crippen LogP contribution in [0.15, 0.2) is 28.8 Å². The summed E-state index contributed by atoms with van der Waals surface area (Å²) in [5.41, 5.74) is 2.48. The first-order valence-corrected chi connectivity index (χ1v) is 9.30. The summed E-state index contributed by atoms with van der Waals surface area (Å²) in [6.45, 7) is 7.97. The number of nitrogens with zero attached hydrogens (tertiary/aromatic N) is 3. The van der Waals surface area contributed by atoms with Gasteiger partial charge in [-0.05, 0) is 51.4 Å². The largest absolute Gasteiger partial charge is 0.489 e. The molecule has 0 aliphatic carbocycles. The van der Waals surface area contributed by atoms with Crippen LogP contribution in [0.5, 0.6) is 5.75 Å². The molecule has 0 spiro atoms. The molecule has 0 unspecified atom stereocenters. The van der Waals surface area contributed by atoms with E-state index in [0.29, 0.717) is 24.0 Å². The molecule has 0 saturated carbocycles. The Kier molecular flexibility index (Phi) is 4.68. The molecular weight excluding hydrogens is 330 g/mol. The average Bonchev–Trinajstić information content (AvgIpc) is 3.25. The summed E-state index contributed by atoms with van der Waals surface area (Å²) in [6.07, 6.45) is 2.45. The van der Waals surface area contributed by atoms with Gasteiger partial charge in [0.1, 0.15) is 18.1 Å². The van der Waals surface area contributed by atoms with Crippen LogP contribution in [0.25, 0.3) is 0 Å². The van der Waals surface area contributed by atoms with Gasteiger partial charge in [-0.25, -0.2) is 0 Å². The van der Waals surface area contributed by atoms with Gasteiger partial charge in [-0.15, -0.1) is 0 Å². The number of carbonyl (C=O) groups is 1. The van der Waals surface area contributed by atoms with Gasteiger partial charge in [-0.3, -0.25) is 9.69 Å². The van der Waals surface area contributed by atoms with Gasteiger partial charge in [0, 0.05) is 31.2 Å². The Hall–Kier alpha value is -2.34. The van der Waals surface area contributed by atoms with E-state index in [-0.39, 0.29) is 5.91 Å². The summed E-state index contributed by atoms with van der Waals surface area (Å²) < 4.78 is 11.0.